The topological polar surface area (TPSA) is 231 Å². The summed E-state index contributed by atoms with van der Waals surface area (Å²) in [5, 5.41) is 71.7. The van der Waals surface area contributed by atoms with Gasteiger partial charge in [0.25, 0.3) is 0 Å². The van der Waals surface area contributed by atoms with Crippen molar-refractivity contribution in [2.24, 2.45) is 0 Å². The van der Waals surface area contributed by atoms with E-state index in [1.807, 2.05) is 0 Å². The fourth-order valence-corrected chi connectivity index (χ4v) is 6.72. The molecule has 0 spiro atoms. The Morgan fingerprint density at radius 3 is 1.64 bits per heavy atom. The first-order valence-corrected chi connectivity index (χ1v) is 21.9. The molecular formula is C43H76O15. The smallest absolute Gasteiger partial charge is 0.306 e. The summed E-state index contributed by atoms with van der Waals surface area (Å²) in [4.78, 5) is 25.4. The lowest BCUT2D eigenvalue weighted by Crippen LogP contribution is -2.61. The van der Waals surface area contributed by atoms with E-state index in [1.165, 1.54) is 51.4 Å². The van der Waals surface area contributed by atoms with Gasteiger partial charge < -0.3 is 64.2 Å². The summed E-state index contributed by atoms with van der Waals surface area (Å²) in [6, 6.07) is 0. The minimum atomic E-state index is -1.77. The Kier molecular flexibility index (Phi) is 28.6. The molecule has 0 saturated carbocycles. The molecule has 2 fully saturated rings. The van der Waals surface area contributed by atoms with Crippen LogP contribution in [0.15, 0.2) is 24.3 Å². The zero-order valence-corrected chi connectivity index (χ0v) is 35.0. The van der Waals surface area contributed by atoms with Crippen LogP contribution < -0.4 is 0 Å². The number of aliphatic hydroxyl groups excluding tert-OH is 7. The average molecular weight is 833 g/mol. The maximum atomic E-state index is 12.9. The average Bonchev–Trinajstić information content (AvgIpc) is 3.21. The molecule has 0 amide bonds. The molecule has 0 aromatic carbocycles. The SMILES string of the molecule is CCCCCCCC/C=C/C/C=C/CCCCC(=O)O[C@H](COC(=O)CCCCCCCCC)CO[C@@H]1O[C@H](CO[C@@H]2O[C@H](CO)[C@H](O)C(O)C2O)[C@H](O)C(O)C1O. The zero-order valence-electron chi connectivity index (χ0n) is 35.0. The largest absolute Gasteiger partial charge is 0.462 e. The van der Waals surface area contributed by atoms with E-state index in [2.05, 4.69) is 38.2 Å². The Hall–Kier alpha value is -2.02. The van der Waals surface area contributed by atoms with Crippen LogP contribution in [0.5, 0.6) is 0 Å². The first kappa shape index (κ1) is 52.1. The first-order chi connectivity index (χ1) is 28.0. The van der Waals surface area contributed by atoms with Gasteiger partial charge in [-0.1, -0.05) is 109 Å². The predicted octanol–water partition coefficient (Wildman–Crippen LogP) is 4.04. The predicted molar refractivity (Wildman–Crippen MR) is 215 cm³/mol. The van der Waals surface area contributed by atoms with Crippen molar-refractivity contribution in [1.29, 1.82) is 0 Å². The minimum Gasteiger partial charge on any atom is -0.462 e. The Morgan fingerprint density at radius 1 is 0.552 bits per heavy atom. The van der Waals surface area contributed by atoms with E-state index in [1.54, 1.807) is 0 Å². The lowest BCUT2D eigenvalue weighted by Gasteiger charge is -2.42. The molecule has 338 valence electrons. The van der Waals surface area contributed by atoms with Crippen molar-refractivity contribution in [1.82, 2.24) is 0 Å². The monoisotopic (exact) mass is 833 g/mol. The molecule has 0 aromatic heterocycles. The molecule has 0 aromatic rings. The normalized spacial score (nSPS) is 28.3. The lowest BCUT2D eigenvalue weighted by molar-refractivity contribution is -0.332. The number of unbranched alkanes of at least 4 members (excludes halogenated alkanes) is 14. The van der Waals surface area contributed by atoms with Gasteiger partial charge in [-0.3, -0.25) is 9.59 Å². The van der Waals surface area contributed by atoms with Gasteiger partial charge in [0.1, 0.15) is 55.4 Å². The van der Waals surface area contributed by atoms with Crippen LogP contribution in [0.2, 0.25) is 0 Å². The lowest BCUT2D eigenvalue weighted by atomic mass is 9.98. The summed E-state index contributed by atoms with van der Waals surface area (Å²) in [6.45, 7) is 2.46. The van der Waals surface area contributed by atoms with Crippen LogP contribution in [-0.2, 0) is 38.0 Å². The van der Waals surface area contributed by atoms with Gasteiger partial charge in [0.2, 0.25) is 0 Å². The summed E-state index contributed by atoms with van der Waals surface area (Å²) in [5.74, 6) is -0.971. The van der Waals surface area contributed by atoms with Gasteiger partial charge in [0.05, 0.1) is 19.8 Å². The van der Waals surface area contributed by atoms with Crippen LogP contribution >= 0.6 is 0 Å². The number of carbonyl (C=O) groups excluding carboxylic acids is 2. The van der Waals surface area contributed by atoms with Crippen LogP contribution in [0, 0.1) is 0 Å². The standard InChI is InChI=1S/C43H76O15/c1-3-5-7-9-11-12-13-14-15-16-17-18-20-22-24-26-35(46)56-31(28-53-34(45)25-23-21-19-10-8-6-4-2)29-54-42-41(52)39(50)37(48)33(58-42)30-55-43-40(51)38(49)36(47)32(27-44)57-43/h14-15,17-18,31-33,36-44,47-52H,3-13,16,19-30H2,1-2H3/b15-14+,18-17+/t31-,32-,33-,36+,37+,38?,39?,40?,41?,42-,43-/m1/s1. The summed E-state index contributed by atoms with van der Waals surface area (Å²) >= 11 is 0. The Labute approximate surface area is 345 Å². The number of ether oxygens (including phenoxy) is 6. The van der Waals surface area contributed by atoms with Gasteiger partial charge in [-0.2, -0.15) is 0 Å². The third-order valence-electron chi connectivity index (χ3n) is 10.4. The van der Waals surface area contributed by atoms with Gasteiger partial charge in [-0.25, -0.2) is 0 Å². The molecule has 2 rings (SSSR count). The molecule has 2 aliphatic heterocycles. The third-order valence-corrected chi connectivity index (χ3v) is 10.4. The molecule has 15 heteroatoms. The number of esters is 2. The molecule has 2 heterocycles. The van der Waals surface area contributed by atoms with E-state index in [0.29, 0.717) is 12.8 Å². The number of hydrogen-bond acceptors (Lipinski definition) is 15. The Balaban J connectivity index is 1.87. The molecule has 4 unspecified atom stereocenters. The molecule has 2 saturated heterocycles. The highest BCUT2D eigenvalue weighted by molar-refractivity contribution is 5.70. The summed E-state index contributed by atoms with van der Waals surface area (Å²) in [7, 11) is 0. The molecule has 11 atom stereocenters. The molecular weight excluding hydrogens is 756 g/mol. The highest BCUT2D eigenvalue weighted by atomic mass is 16.7. The van der Waals surface area contributed by atoms with Gasteiger partial charge in [-0.05, 0) is 44.9 Å². The van der Waals surface area contributed by atoms with Crippen LogP contribution in [-0.4, -0.2) is 142 Å². The van der Waals surface area contributed by atoms with Crippen LogP contribution in [0.25, 0.3) is 0 Å². The second kappa shape index (κ2) is 31.8. The minimum absolute atomic E-state index is 0.124. The first-order valence-electron chi connectivity index (χ1n) is 21.9. The number of rotatable bonds is 32. The van der Waals surface area contributed by atoms with Gasteiger partial charge in [0.15, 0.2) is 18.7 Å². The van der Waals surface area contributed by atoms with Gasteiger partial charge in [-0.15, -0.1) is 0 Å². The van der Waals surface area contributed by atoms with E-state index in [4.69, 9.17) is 28.4 Å². The van der Waals surface area contributed by atoms with Crippen molar-refractivity contribution in [2.75, 3.05) is 26.4 Å². The molecule has 7 N–H and O–H groups in total. The Bertz CT molecular complexity index is 1120. The third kappa shape index (κ3) is 21.0. The second-order valence-electron chi connectivity index (χ2n) is 15.5. The number of allylic oxidation sites excluding steroid dienone is 4. The molecule has 2 aliphatic rings. The Morgan fingerprint density at radius 2 is 1.03 bits per heavy atom. The van der Waals surface area contributed by atoms with Crippen LogP contribution in [0.4, 0.5) is 0 Å². The van der Waals surface area contributed by atoms with Crippen molar-refractivity contribution >= 4 is 11.9 Å². The van der Waals surface area contributed by atoms with Crippen molar-refractivity contribution in [3.05, 3.63) is 24.3 Å². The molecule has 15 nitrogen and oxygen atoms in total. The highest BCUT2D eigenvalue weighted by Crippen LogP contribution is 2.26. The van der Waals surface area contributed by atoms with Crippen LogP contribution in [0.3, 0.4) is 0 Å². The van der Waals surface area contributed by atoms with Crippen molar-refractivity contribution < 1.29 is 73.8 Å². The summed E-state index contributed by atoms with van der Waals surface area (Å²) < 4.78 is 33.3. The van der Waals surface area contributed by atoms with Crippen molar-refractivity contribution in [3.63, 3.8) is 0 Å². The fraction of sp³-hybridized carbons (Fsp3) is 0.860. The van der Waals surface area contributed by atoms with E-state index >= 15 is 0 Å². The highest BCUT2D eigenvalue weighted by Gasteiger charge is 2.47. The molecule has 0 radical (unpaired) electrons. The van der Waals surface area contributed by atoms with E-state index in [-0.39, 0.29) is 19.4 Å². The fourth-order valence-electron chi connectivity index (χ4n) is 6.72. The second-order valence-corrected chi connectivity index (χ2v) is 15.5. The molecule has 0 aliphatic carbocycles. The molecule has 0 bridgehead atoms. The number of carbonyl (C=O) groups is 2. The van der Waals surface area contributed by atoms with Crippen molar-refractivity contribution in [3.8, 4) is 0 Å². The zero-order chi connectivity index (χ0) is 42.5. The quantitative estimate of drug-likeness (QED) is 0.0288. The van der Waals surface area contributed by atoms with E-state index < -0.39 is 99.3 Å². The van der Waals surface area contributed by atoms with E-state index in [9.17, 15) is 45.3 Å². The summed E-state index contributed by atoms with van der Waals surface area (Å²) in [6.07, 6.45) is 11.2. The van der Waals surface area contributed by atoms with Crippen molar-refractivity contribution in [2.45, 2.75) is 210 Å². The molecule has 58 heavy (non-hydrogen) atoms. The summed E-state index contributed by atoms with van der Waals surface area (Å²) in [5.41, 5.74) is 0. The van der Waals surface area contributed by atoms with Gasteiger partial charge in [0, 0.05) is 12.8 Å². The van der Waals surface area contributed by atoms with Crippen LogP contribution in [0.1, 0.15) is 142 Å². The van der Waals surface area contributed by atoms with E-state index in [0.717, 1.165) is 51.4 Å². The maximum Gasteiger partial charge on any atom is 0.306 e. The number of hydrogen-bond donors (Lipinski definition) is 7. The maximum absolute atomic E-state index is 12.9. The van der Waals surface area contributed by atoms with Gasteiger partial charge >= 0.3 is 11.9 Å². The number of aliphatic hydroxyl groups is 7.